The van der Waals surface area contributed by atoms with Crippen molar-refractivity contribution in [3.05, 3.63) is 64.6 Å². The molecular weight excluding hydrogens is 343 g/mol. The van der Waals surface area contributed by atoms with Crippen LogP contribution in [0.3, 0.4) is 0 Å². The van der Waals surface area contributed by atoms with Gasteiger partial charge in [0.05, 0.1) is 16.3 Å². The first kappa shape index (κ1) is 16.3. The molecule has 0 unspecified atom stereocenters. The number of hydrogen-bond acceptors (Lipinski definition) is 2. The number of anilines is 1. The van der Waals surface area contributed by atoms with Gasteiger partial charge in [0.15, 0.2) is 0 Å². The number of nitrogens with one attached hydrogen (secondary N) is 1. The van der Waals surface area contributed by atoms with Gasteiger partial charge in [-0.3, -0.25) is 4.79 Å². The number of pyridine rings is 1. The lowest BCUT2D eigenvalue weighted by atomic mass is 10.2. The van der Waals surface area contributed by atoms with Crippen LogP contribution in [0.4, 0.5) is 18.9 Å². The van der Waals surface area contributed by atoms with Gasteiger partial charge in [-0.25, -0.2) is 4.98 Å². The average Bonchev–Trinajstić information content (AvgIpc) is 2.94. The third-order valence-electron chi connectivity index (χ3n) is 3.47. The van der Waals surface area contributed by atoms with Crippen molar-refractivity contribution in [3.8, 4) is 0 Å². The summed E-state index contributed by atoms with van der Waals surface area (Å²) >= 11 is 5.87. The second-order valence-electron chi connectivity index (χ2n) is 5.17. The van der Waals surface area contributed by atoms with Crippen molar-refractivity contribution in [2.45, 2.75) is 13.1 Å². The first-order valence-corrected chi connectivity index (χ1v) is 7.26. The summed E-state index contributed by atoms with van der Waals surface area (Å²) in [6, 6.07) is 8.10. The maximum Gasteiger partial charge on any atom is 0.416 e. The van der Waals surface area contributed by atoms with Gasteiger partial charge in [0.25, 0.3) is 5.91 Å². The van der Waals surface area contributed by atoms with Gasteiger partial charge in [-0.15, -0.1) is 0 Å². The lowest BCUT2D eigenvalue weighted by Crippen LogP contribution is -2.14. The lowest BCUT2D eigenvalue weighted by molar-refractivity contribution is -0.137. The number of carbonyl (C=O) groups is 1. The summed E-state index contributed by atoms with van der Waals surface area (Å²) in [4.78, 5) is 16.4. The summed E-state index contributed by atoms with van der Waals surface area (Å²) in [5.41, 5.74) is 0.502. The SMILES string of the molecule is Cc1cccc2nc(C(=O)Nc3cc(C(F)(F)F)ccc3Cl)cn12. The van der Waals surface area contributed by atoms with Gasteiger partial charge in [-0.05, 0) is 37.3 Å². The van der Waals surface area contributed by atoms with E-state index in [1.807, 2.05) is 13.0 Å². The fourth-order valence-corrected chi connectivity index (χ4v) is 2.41. The molecule has 4 nitrogen and oxygen atoms in total. The molecule has 0 radical (unpaired) electrons. The van der Waals surface area contributed by atoms with Crippen molar-refractivity contribution in [2.24, 2.45) is 0 Å². The molecule has 3 rings (SSSR count). The maximum atomic E-state index is 12.8. The van der Waals surface area contributed by atoms with E-state index >= 15 is 0 Å². The Morgan fingerprint density at radius 3 is 2.67 bits per heavy atom. The molecule has 0 spiro atoms. The highest BCUT2D eigenvalue weighted by atomic mass is 35.5. The van der Waals surface area contributed by atoms with Crippen molar-refractivity contribution in [3.63, 3.8) is 0 Å². The molecular formula is C16H11ClF3N3O. The van der Waals surface area contributed by atoms with Crippen LogP contribution in [0.15, 0.2) is 42.6 Å². The second kappa shape index (κ2) is 5.83. The molecule has 1 N–H and O–H groups in total. The monoisotopic (exact) mass is 353 g/mol. The molecule has 0 saturated heterocycles. The van der Waals surface area contributed by atoms with Crippen molar-refractivity contribution < 1.29 is 18.0 Å². The summed E-state index contributed by atoms with van der Waals surface area (Å²) in [6.07, 6.45) is -3.01. The number of benzene rings is 1. The maximum absolute atomic E-state index is 12.8. The Morgan fingerprint density at radius 2 is 2.00 bits per heavy atom. The molecule has 0 atom stereocenters. The zero-order chi connectivity index (χ0) is 17.5. The number of amides is 1. The number of hydrogen-bond donors (Lipinski definition) is 1. The number of fused-ring (bicyclic) bond motifs is 1. The van der Waals surface area contributed by atoms with Gasteiger partial charge in [0.1, 0.15) is 11.3 Å². The fraction of sp³-hybridized carbons (Fsp3) is 0.125. The van der Waals surface area contributed by atoms with Crippen LogP contribution in [0.5, 0.6) is 0 Å². The molecule has 0 saturated carbocycles. The molecule has 24 heavy (non-hydrogen) atoms. The number of imidazole rings is 1. The Balaban J connectivity index is 1.92. The van der Waals surface area contributed by atoms with E-state index in [-0.39, 0.29) is 16.4 Å². The van der Waals surface area contributed by atoms with Gasteiger partial charge < -0.3 is 9.72 Å². The normalized spacial score (nSPS) is 11.7. The van der Waals surface area contributed by atoms with Crippen LogP contribution in [-0.2, 0) is 6.18 Å². The minimum absolute atomic E-state index is 0.0105. The van der Waals surface area contributed by atoms with E-state index in [2.05, 4.69) is 10.3 Å². The van der Waals surface area contributed by atoms with Crippen LogP contribution in [0, 0.1) is 6.92 Å². The van der Waals surface area contributed by atoms with Crippen molar-refractivity contribution in [2.75, 3.05) is 5.32 Å². The van der Waals surface area contributed by atoms with Crippen LogP contribution in [0.1, 0.15) is 21.7 Å². The van der Waals surface area contributed by atoms with Crippen molar-refractivity contribution in [1.29, 1.82) is 0 Å². The Labute approximate surface area is 139 Å². The largest absolute Gasteiger partial charge is 0.416 e. The molecule has 2 heterocycles. The molecule has 0 aliphatic heterocycles. The summed E-state index contributed by atoms with van der Waals surface area (Å²) in [5.74, 6) is -0.640. The molecule has 0 bridgehead atoms. The predicted molar refractivity (Wildman–Crippen MR) is 84.3 cm³/mol. The van der Waals surface area contributed by atoms with E-state index in [0.717, 1.165) is 23.9 Å². The molecule has 0 aliphatic carbocycles. The number of halogens is 4. The van der Waals surface area contributed by atoms with Crippen molar-refractivity contribution in [1.82, 2.24) is 9.38 Å². The zero-order valence-electron chi connectivity index (χ0n) is 12.4. The van der Waals surface area contributed by atoms with E-state index in [0.29, 0.717) is 5.65 Å². The molecule has 3 aromatic rings. The van der Waals surface area contributed by atoms with Gasteiger partial charge in [-0.1, -0.05) is 17.7 Å². The number of aryl methyl sites for hydroxylation is 1. The van der Waals surface area contributed by atoms with Gasteiger partial charge >= 0.3 is 6.18 Å². The molecule has 0 aliphatic rings. The topological polar surface area (TPSA) is 46.4 Å². The zero-order valence-corrected chi connectivity index (χ0v) is 13.1. The van der Waals surface area contributed by atoms with E-state index in [9.17, 15) is 18.0 Å². The first-order valence-electron chi connectivity index (χ1n) is 6.88. The summed E-state index contributed by atoms with van der Waals surface area (Å²) in [6.45, 7) is 1.85. The first-order chi connectivity index (χ1) is 11.3. The number of nitrogens with zero attached hydrogens (tertiary/aromatic N) is 2. The van der Waals surface area contributed by atoms with Crippen LogP contribution >= 0.6 is 11.6 Å². The Bertz CT molecular complexity index is 934. The lowest BCUT2D eigenvalue weighted by Gasteiger charge is -2.11. The number of alkyl halides is 3. The van der Waals surface area contributed by atoms with Gasteiger partial charge in [0, 0.05) is 11.9 Å². The number of aromatic nitrogens is 2. The van der Waals surface area contributed by atoms with E-state index in [1.165, 1.54) is 6.20 Å². The minimum Gasteiger partial charge on any atom is -0.319 e. The molecule has 8 heteroatoms. The smallest absolute Gasteiger partial charge is 0.319 e. The number of carbonyl (C=O) groups excluding carboxylic acids is 1. The van der Waals surface area contributed by atoms with Crippen LogP contribution in [-0.4, -0.2) is 15.3 Å². The van der Waals surface area contributed by atoms with Gasteiger partial charge in [0.2, 0.25) is 0 Å². The minimum atomic E-state index is -4.52. The van der Waals surface area contributed by atoms with Crippen LogP contribution < -0.4 is 5.32 Å². The molecule has 1 aromatic carbocycles. The highest BCUT2D eigenvalue weighted by Gasteiger charge is 2.31. The Morgan fingerprint density at radius 1 is 1.25 bits per heavy atom. The summed E-state index contributed by atoms with van der Waals surface area (Å²) in [7, 11) is 0. The molecule has 124 valence electrons. The standard InChI is InChI=1S/C16H11ClF3N3O/c1-9-3-2-4-14-21-13(8-23(9)14)15(24)22-12-7-10(16(18,19)20)5-6-11(12)17/h2-8H,1H3,(H,22,24). The van der Waals surface area contributed by atoms with E-state index < -0.39 is 17.6 Å². The second-order valence-corrected chi connectivity index (χ2v) is 5.58. The van der Waals surface area contributed by atoms with Crippen molar-refractivity contribution >= 4 is 28.8 Å². The Hall–Kier alpha value is -2.54. The Kier molecular flexibility index (Phi) is 3.96. The van der Waals surface area contributed by atoms with Gasteiger partial charge in [-0.2, -0.15) is 13.2 Å². The highest BCUT2D eigenvalue weighted by Crippen LogP contribution is 2.33. The molecule has 0 fully saturated rings. The van der Waals surface area contributed by atoms with E-state index in [1.54, 1.807) is 16.5 Å². The van der Waals surface area contributed by atoms with Crippen LogP contribution in [0.2, 0.25) is 5.02 Å². The molecule has 1 amide bonds. The predicted octanol–water partition coefficient (Wildman–Crippen LogP) is 4.57. The van der Waals surface area contributed by atoms with Crippen LogP contribution in [0.25, 0.3) is 5.65 Å². The molecule has 2 aromatic heterocycles. The summed E-state index contributed by atoms with van der Waals surface area (Å²) < 4.78 is 40.0. The fourth-order valence-electron chi connectivity index (χ4n) is 2.24. The average molecular weight is 354 g/mol. The van der Waals surface area contributed by atoms with E-state index in [4.69, 9.17) is 11.6 Å². The third kappa shape index (κ3) is 3.07. The highest BCUT2D eigenvalue weighted by molar-refractivity contribution is 6.33. The third-order valence-corrected chi connectivity index (χ3v) is 3.80. The quantitative estimate of drug-likeness (QED) is 0.733. The number of rotatable bonds is 2. The summed E-state index contributed by atoms with van der Waals surface area (Å²) in [5, 5.41) is 2.38.